The van der Waals surface area contributed by atoms with Gasteiger partial charge in [-0.15, -0.1) is 11.3 Å². The highest BCUT2D eigenvalue weighted by Gasteiger charge is 2.31. The molecular formula is C23H28N2O4S. The molecule has 0 fully saturated rings. The van der Waals surface area contributed by atoms with E-state index in [2.05, 4.69) is 25.8 Å². The first kappa shape index (κ1) is 20.7. The van der Waals surface area contributed by atoms with Crippen molar-refractivity contribution in [1.29, 1.82) is 0 Å². The lowest BCUT2D eigenvalue weighted by Crippen LogP contribution is -2.26. The maximum atomic E-state index is 13.0. The van der Waals surface area contributed by atoms with Crippen LogP contribution in [-0.4, -0.2) is 31.3 Å². The largest absolute Gasteiger partial charge is 0.493 e. The Hall–Kier alpha value is -2.54. The molecular weight excluding hydrogens is 400 g/mol. The number of benzene rings is 1. The summed E-state index contributed by atoms with van der Waals surface area (Å²) in [6.07, 6.45) is 3.06. The molecule has 0 aliphatic heterocycles. The monoisotopic (exact) mass is 428 g/mol. The molecule has 0 bridgehead atoms. The van der Waals surface area contributed by atoms with Crippen molar-refractivity contribution in [2.45, 2.75) is 40.0 Å². The molecule has 1 aliphatic carbocycles. The molecule has 1 aromatic carbocycles. The van der Waals surface area contributed by atoms with Crippen LogP contribution in [0.25, 0.3) is 21.6 Å². The summed E-state index contributed by atoms with van der Waals surface area (Å²) in [6, 6.07) is 3.60. The zero-order valence-electron chi connectivity index (χ0n) is 18.3. The van der Waals surface area contributed by atoms with E-state index in [1.807, 2.05) is 0 Å². The highest BCUT2D eigenvalue weighted by molar-refractivity contribution is 7.18. The quantitative estimate of drug-likeness (QED) is 0.644. The van der Waals surface area contributed by atoms with Crippen LogP contribution in [0.2, 0.25) is 0 Å². The lowest BCUT2D eigenvalue weighted by molar-refractivity contribution is 0.218. The molecule has 2 heterocycles. The predicted octanol–water partition coefficient (Wildman–Crippen LogP) is 4.83. The number of nitrogens with zero attached hydrogens (tertiary/aromatic N) is 1. The van der Waals surface area contributed by atoms with Crippen LogP contribution in [0.4, 0.5) is 0 Å². The number of nitrogens with one attached hydrogen (secondary N) is 1. The Balaban J connectivity index is 1.83. The Morgan fingerprint density at radius 1 is 1.10 bits per heavy atom. The van der Waals surface area contributed by atoms with E-state index in [4.69, 9.17) is 19.2 Å². The molecule has 3 aromatic rings. The molecule has 1 aliphatic rings. The third-order valence-electron chi connectivity index (χ3n) is 6.08. The van der Waals surface area contributed by atoms with Crippen LogP contribution >= 0.6 is 11.3 Å². The molecule has 0 radical (unpaired) electrons. The van der Waals surface area contributed by atoms with Crippen LogP contribution in [0.5, 0.6) is 17.2 Å². The van der Waals surface area contributed by atoms with Crippen molar-refractivity contribution in [3.63, 3.8) is 0 Å². The summed E-state index contributed by atoms with van der Waals surface area (Å²) < 4.78 is 16.3. The second-order valence-electron chi connectivity index (χ2n) is 8.82. The third-order valence-corrected chi connectivity index (χ3v) is 7.23. The molecule has 1 N–H and O–H groups in total. The number of aryl methyl sites for hydroxylation is 1. The average Bonchev–Trinajstić information content (AvgIpc) is 3.09. The minimum atomic E-state index is -0.0875. The number of thiophene rings is 1. The molecule has 0 amide bonds. The summed E-state index contributed by atoms with van der Waals surface area (Å²) in [7, 11) is 4.70. The van der Waals surface area contributed by atoms with Crippen molar-refractivity contribution in [2.75, 3.05) is 21.3 Å². The van der Waals surface area contributed by atoms with Gasteiger partial charge in [0.1, 0.15) is 10.7 Å². The zero-order chi connectivity index (χ0) is 21.6. The standard InChI is InChI=1S/C23H28N2O4S/c1-23(2,3)13-7-8-14-17(11-13)30-22-18(14)21(26)24-20(25-22)12-9-15(27-4)19(29-6)16(10-12)28-5/h9-10,13H,7-8,11H2,1-6H3,(H,24,25,26)/t13-/m0/s1. The SMILES string of the molecule is COc1cc(-c2nc3sc4c(c3c(=O)[nH]2)CC[C@H](C(C)(C)C)C4)cc(OC)c1OC. The van der Waals surface area contributed by atoms with Crippen molar-refractivity contribution in [1.82, 2.24) is 9.97 Å². The van der Waals surface area contributed by atoms with Crippen LogP contribution in [0.3, 0.4) is 0 Å². The summed E-state index contributed by atoms with van der Waals surface area (Å²) in [5.41, 5.74) is 2.06. The maximum absolute atomic E-state index is 13.0. The van der Waals surface area contributed by atoms with E-state index in [1.165, 1.54) is 10.4 Å². The molecule has 0 saturated heterocycles. The van der Waals surface area contributed by atoms with Gasteiger partial charge in [-0.2, -0.15) is 0 Å². The van der Waals surface area contributed by atoms with Gasteiger partial charge in [-0.05, 0) is 48.3 Å². The Labute approximate surface area is 180 Å². The van der Waals surface area contributed by atoms with Gasteiger partial charge in [0.15, 0.2) is 11.5 Å². The van der Waals surface area contributed by atoms with Gasteiger partial charge >= 0.3 is 0 Å². The van der Waals surface area contributed by atoms with Crippen LogP contribution in [0.15, 0.2) is 16.9 Å². The van der Waals surface area contributed by atoms with Crippen LogP contribution in [0, 0.1) is 11.3 Å². The number of H-pyrrole nitrogens is 1. The lowest BCUT2D eigenvalue weighted by Gasteiger charge is -2.33. The Kier molecular flexibility index (Phi) is 5.26. The number of aromatic nitrogens is 2. The third kappa shape index (κ3) is 3.45. The van der Waals surface area contributed by atoms with Crippen LogP contribution in [-0.2, 0) is 12.8 Å². The summed E-state index contributed by atoms with van der Waals surface area (Å²) in [6.45, 7) is 6.89. The zero-order valence-corrected chi connectivity index (χ0v) is 19.2. The van der Waals surface area contributed by atoms with E-state index in [1.54, 1.807) is 44.8 Å². The van der Waals surface area contributed by atoms with Gasteiger partial charge in [-0.1, -0.05) is 20.8 Å². The second-order valence-corrected chi connectivity index (χ2v) is 9.90. The molecule has 0 spiro atoms. The summed E-state index contributed by atoms with van der Waals surface area (Å²) in [5.74, 6) is 2.66. The smallest absolute Gasteiger partial charge is 0.260 e. The van der Waals surface area contributed by atoms with E-state index in [0.717, 1.165) is 29.5 Å². The van der Waals surface area contributed by atoms with Gasteiger partial charge in [-0.25, -0.2) is 4.98 Å². The van der Waals surface area contributed by atoms with Gasteiger partial charge in [0.05, 0.1) is 26.7 Å². The van der Waals surface area contributed by atoms with Crippen molar-refractivity contribution in [3.8, 4) is 28.6 Å². The Bertz CT molecular complexity index is 1130. The Morgan fingerprint density at radius 2 is 1.77 bits per heavy atom. The van der Waals surface area contributed by atoms with Crippen molar-refractivity contribution >= 4 is 21.6 Å². The summed E-state index contributed by atoms with van der Waals surface area (Å²) in [5, 5.41) is 0.749. The minimum absolute atomic E-state index is 0.0875. The van der Waals surface area contributed by atoms with Gasteiger partial charge in [0, 0.05) is 10.4 Å². The molecule has 1 atom stereocenters. The van der Waals surface area contributed by atoms with Crippen molar-refractivity contribution in [3.05, 3.63) is 32.9 Å². The minimum Gasteiger partial charge on any atom is -0.493 e. The van der Waals surface area contributed by atoms with E-state index in [9.17, 15) is 4.79 Å². The topological polar surface area (TPSA) is 73.4 Å². The summed E-state index contributed by atoms with van der Waals surface area (Å²) >= 11 is 1.65. The molecule has 6 nitrogen and oxygen atoms in total. The molecule has 0 unspecified atom stereocenters. The molecule has 0 saturated carbocycles. The maximum Gasteiger partial charge on any atom is 0.260 e. The number of hydrogen-bond acceptors (Lipinski definition) is 6. The van der Waals surface area contributed by atoms with Gasteiger partial charge < -0.3 is 19.2 Å². The van der Waals surface area contributed by atoms with E-state index >= 15 is 0 Å². The molecule has 7 heteroatoms. The number of methoxy groups -OCH3 is 3. The molecule has 30 heavy (non-hydrogen) atoms. The predicted molar refractivity (Wildman–Crippen MR) is 120 cm³/mol. The number of ether oxygens (including phenoxy) is 3. The average molecular weight is 429 g/mol. The van der Waals surface area contributed by atoms with Crippen molar-refractivity contribution < 1.29 is 14.2 Å². The number of rotatable bonds is 4. The van der Waals surface area contributed by atoms with Crippen LogP contribution in [0.1, 0.15) is 37.6 Å². The molecule has 4 rings (SSSR count). The molecule has 160 valence electrons. The van der Waals surface area contributed by atoms with E-state index in [-0.39, 0.29) is 11.0 Å². The van der Waals surface area contributed by atoms with Gasteiger partial charge in [0.2, 0.25) is 5.75 Å². The second kappa shape index (κ2) is 7.61. The van der Waals surface area contributed by atoms with Gasteiger partial charge in [0.25, 0.3) is 5.56 Å². The summed E-state index contributed by atoms with van der Waals surface area (Å²) in [4.78, 5) is 22.9. The number of hydrogen-bond donors (Lipinski definition) is 1. The fourth-order valence-corrected chi connectivity index (χ4v) is 5.58. The van der Waals surface area contributed by atoms with E-state index in [0.29, 0.717) is 34.6 Å². The van der Waals surface area contributed by atoms with Gasteiger partial charge in [-0.3, -0.25) is 4.79 Å². The highest BCUT2D eigenvalue weighted by Crippen LogP contribution is 2.43. The molecule has 2 aromatic heterocycles. The first-order chi connectivity index (χ1) is 14.3. The fraction of sp³-hybridized carbons (Fsp3) is 0.478. The Morgan fingerprint density at radius 3 is 2.33 bits per heavy atom. The highest BCUT2D eigenvalue weighted by atomic mass is 32.1. The van der Waals surface area contributed by atoms with Crippen LogP contribution < -0.4 is 19.8 Å². The lowest BCUT2D eigenvalue weighted by atomic mass is 9.72. The van der Waals surface area contributed by atoms with Crippen molar-refractivity contribution in [2.24, 2.45) is 11.3 Å². The fourth-order valence-electron chi connectivity index (χ4n) is 4.28. The number of aromatic amines is 1. The normalized spacial score (nSPS) is 16.4. The first-order valence-electron chi connectivity index (χ1n) is 10.1. The number of fused-ring (bicyclic) bond motifs is 3. The van der Waals surface area contributed by atoms with E-state index < -0.39 is 0 Å². The first-order valence-corrected chi connectivity index (χ1v) is 10.9.